The molecule has 1 aromatic heterocycles. The van der Waals surface area contributed by atoms with Gasteiger partial charge in [0, 0.05) is 7.14 Å². The highest BCUT2D eigenvalue weighted by atomic mass is 127. The number of fused-ring (bicyclic) bond motifs is 1. The summed E-state index contributed by atoms with van der Waals surface area (Å²) in [5.74, 6) is 0.479. The zero-order valence-electron chi connectivity index (χ0n) is 5.94. The molecular formula is C7H5I2N3. The summed E-state index contributed by atoms with van der Waals surface area (Å²) >= 11 is 4.50. The molecule has 0 amide bonds. The highest BCUT2D eigenvalue weighted by Gasteiger charge is 2.06. The molecule has 12 heavy (non-hydrogen) atoms. The molecule has 0 aliphatic carbocycles. The van der Waals surface area contributed by atoms with Gasteiger partial charge in [-0.3, -0.25) is 0 Å². The summed E-state index contributed by atoms with van der Waals surface area (Å²) < 4.78 is 2.27. The van der Waals surface area contributed by atoms with E-state index in [0.717, 1.165) is 18.2 Å². The first-order valence-corrected chi connectivity index (χ1v) is 5.43. The number of aromatic nitrogens is 2. The molecule has 0 atom stereocenters. The number of nitrogens with one attached hydrogen (secondary N) is 1. The second-order valence-corrected chi connectivity index (χ2v) is 4.70. The fourth-order valence-electron chi connectivity index (χ4n) is 1.05. The lowest BCUT2D eigenvalue weighted by Crippen LogP contribution is -1.84. The van der Waals surface area contributed by atoms with Gasteiger partial charge in [-0.25, -0.2) is 4.98 Å². The monoisotopic (exact) mass is 385 g/mol. The largest absolute Gasteiger partial charge is 0.369 e. The van der Waals surface area contributed by atoms with Crippen LogP contribution in [0.3, 0.4) is 0 Å². The molecule has 3 N–H and O–H groups in total. The van der Waals surface area contributed by atoms with Crippen LogP contribution in [0.15, 0.2) is 12.1 Å². The van der Waals surface area contributed by atoms with Gasteiger partial charge in [0.25, 0.3) is 0 Å². The summed E-state index contributed by atoms with van der Waals surface area (Å²) in [6.45, 7) is 0. The number of anilines is 1. The van der Waals surface area contributed by atoms with Gasteiger partial charge in [-0.05, 0) is 57.3 Å². The lowest BCUT2D eigenvalue weighted by Gasteiger charge is -1.93. The SMILES string of the molecule is Nc1nc2c(I)ccc(I)c2[nH]1. The van der Waals surface area contributed by atoms with Gasteiger partial charge in [0.2, 0.25) is 0 Å². The van der Waals surface area contributed by atoms with Crippen molar-refractivity contribution in [1.82, 2.24) is 9.97 Å². The average molecular weight is 385 g/mol. The van der Waals surface area contributed by atoms with E-state index in [0.29, 0.717) is 5.95 Å². The predicted octanol–water partition coefficient (Wildman–Crippen LogP) is 2.35. The van der Waals surface area contributed by atoms with Gasteiger partial charge in [0.15, 0.2) is 5.95 Å². The molecule has 0 unspecified atom stereocenters. The van der Waals surface area contributed by atoms with Crippen LogP contribution in [0, 0.1) is 7.14 Å². The number of hydrogen-bond donors (Lipinski definition) is 2. The van der Waals surface area contributed by atoms with Crippen LogP contribution in [0.25, 0.3) is 11.0 Å². The number of nitrogen functional groups attached to an aromatic ring is 1. The zero-order valence-corrected chi connectivity index (χ0v) is 10.3. The molecule has 1 heterocycles. The third-order valence-electron chi connectivity index (χ3n) is 1.56. The Labute approximate surface area is 96.4 Å². The minimum absolute atomic E-state index is 0.479. The maximum Gasteiger partial charge on any atom is 0.198 e. The summed E-state index contributed by atoms with van der Waals surface area (Å²) in [7, 11) is 0. The smallest absolute Gasteiger partial charge is 0.198 e. The maximum absolute atomic E-state index is 5.56. The number of halogens is 2. The number of rotatable bonds is 0. The van der Waals surface area contributed by atoms with Gasteiger partial charge < -0.3 is 10.7 Å². The summed E-state index contributed by atoms with van der Waals surface area (Å²) in [5.41, 5.74) is 7.54. The predicted molar refractivity (Wildman–Crippen MR) is 65.9 cm³/mol. The molecule has 0 fully saturated rings. The van der Waals surface area contributed by atoms with Crippen molar-refractivity contribution in [1.29, 1.82) is 0 Å². The molecule has 2 aromatic rings. The van der Waals surface area contributed by atoms with Gasteiger partial charge in [0.1, 0.15) is 5.52 Å². The van der Waals surface area contributed by atoms with Crippen LogP contribution in [0.5, 0.6) is 0 Å². The maximum atomic E-state index is 5.56. The van der Waals surface area contributed by atoms with Gasteiger partial charge in [-0.2, -0.15) is 0 Å². The molecule has 0 bridgehead atoms. The van der Waals surface area contributed by atoms with Crippen molar-refractivity contribution >= 4 is 62.2 Å². The normalized spacial score (nSPS) is 10.8. The van der Waals surface area contributed by atoms with Gasteiger partial charge in [0.05, 0.1) is 5.52 Å². The number of hydrogen-bond acceptors (Lipinski definition) is 2. The highest BCUT2D eigenvalue weighted by molar-refractivity contribution is 14.1. The van der Waals surface area contributed by atoms with Crippen LogP contribution >= 0.6 is 45.2 Å². The molecule has 0 radical (unpaired) electrons. The molecule has 3 nitrogen and oxygen atoms in total. The Hall–Kier alpha value is -0.0500. The van der Waals surface area contributed by atoms with E-state index in [1.807, 2.05) is 12.1 Å². The van der Waals surface area contributed by atoms with Crippen LogP contribution in [-0.2, 0) is 0 Å². The van der Waals surface area contributed by atoms with Crippen molar-refractivity contribution in [2.24, 2.45) is 0 Å². The standard InChI is InChI=1S/C7H5I2N3/c8-3-1-2-4(9)6-5(3)11-7(10)12-6/h1-2H,(H3,10,11,12). The van der Waals surface area contributed by atoms with E-state index < -0.39 is 0 Å². The van der Waals surface area contributed by atoms with E-state index in [9.17, 15) is 0 Å². The summed E-state index contributed by atoms with van der Waals surface area (Å²) in [6.07, 6.45) is 0. The molecule has 2 rings (SSSR count). The quantitative estimate of drug-likeness (QED) is 0.685. The van der Waals surface area contributed by atoms with Crippen molar-refractivity contribution in [2.45, 2.75) is 0 Å². The lowest BCUT2D eigenvalue weighted by molar-refractivity contribution is 1.35. The topological polar surface area (TPSA) is 54.7 Å². The second kappa shape index (κ2) is 3.02. The molecule has 62 valence electrons. The van der Waals surface area contributed by atoms with Crippen LogP contribution in [0.1, 0.15) is 0 Å². The summed E-state index contributed by atoms with van der Waals surface area (Å²) in [6, 6.07) is 4.08. The first-order valence-electron chi connectivity index (χ1n) is 3.27. The lowest BCUT2D eigenvalue weighted by atomic mass is 10.3. The van der Waals surface area contributed by atoms with Crippen molar-refractivity contribution in [3.05, 3.63) is 19.3 Å². The third-order valence-corrected chi connectivity index (χ3v) is 3.33. The third kappa shape index (κ3) is 1.28. The van der Waals surface area contributed by atoms with Gasteiger partial charge in [-0.1, -0.05) is 0 Å². The number of nitrogens with zero attached hydrogens (tertiary/aromatic N) is 1. The Kier molecular flexibility index (Phi) is 2.15. The Morgan fingerprint density at radius 3 is 2.58 bits per heavy atom. The van der Waals surface area contributed by atoms with Crippen molar-refractivity contribution < 1.29 is 0 Å². The molecule has 0 spiro atoms. The number of aromatic amines is 1. The van der Waals surface area contributed by atoms with Crippen molar-refractivity contribution in [3.63, 3.8) is 0 Å². The van der Waals surface area contributed by atoms with E-state index in [-0.39, 0.29) is 0 Å². The molecular weight excluding hydrogens is 380 g/mol. The van der Waals surface area contributed by atoms with Crippen LogP contribution in [0.4, 0.5) is 5.95 Å². The Balaban J connectivity index is 2.93. The Morgan fingerprint density at radius 1 is 1.25 bits per heavy atom. The molecule has 0 saturated carbocycles. The van der Waals surface area contributed by atoms with Crippen LogP contribution < -0.4 is 5.73 Å². The fourth-order valence-corrected chi connectivity index (χ4v) is 2.19. The van der Waals surface area contributed by atoms with Crippen molar-refractivity contribution in [2.75, 3.05) is 5.73 Å². The number of H-pyrrole nitrogens is 1. The Morgan fingerprint density at radius 2 is 1.92 bits per heavy atom. The van der Waals surface area contributed by atoms with Gasteiger partial charge >= 0.3 is 0 Å². The zero-order chi connectivity index (χ0) is 8.72. The van der Waals surface area contributed by atoms with E-state index in [4.69, 9.17) is 5.73 Å². The fraction of sp³-hybridized carbons (Fsp3) is 0. The minimum Gasteiger partial charge on any atom is -0.369 e. The molecule has 0 aliphatic heterocycles. The Bertz CT molecular complexity index is 396. The molecule has 5 heteroatoms. The summed E-state index contributed by atoms with van der Waals surface area (Å²) in [4.78, 5) is 7.21. The van der Waals surface area contributed by atoms with Gasteiger partial charge in [-0.15, -0.1) is 0 Å². The number of nitrogens with two attached hydrogens (primary N) is 1. The average Bonchev–Trinajstić information content (AvgIpc) is 2.41. The van der Waals surface area contributed by atoms with E-state index in [1.165, 1.54) is 0 Å². The van der Waals surface area contributed by atoms with E-state index >= 15 is 0 Å². The first-order chi connectivity index (χ1) is 5.68. The molecule has 0 saturated heterocycles. The van der Waals surface area contributed by atoms with E-state index in [2.05, 4.69) is 55.1 Å². The van der Waals surface area contributed by atoms with Crippen LogP contribution in [0.2, 0.25) is 0 Å². The van der Waals surface area contributed by atoms with E-state index in [1.54, 1.807) is 0 Å². The number of imidazole rings is 1. The highest BCUT2D eigenvalue weighted by Crippen LogP contribution is 2.23. The molecule has 0 aliphatic rings. The van der Waals surface area contributed by atoms with Crippen LogP contribution in [-0.4, -0.2) is 9.97 Å². The minimum atomic E-state index is 0.479. The summed E-state index contributed by atoms with van der Waals surface area (Å²) in [5, 5.41) is 0. The van der Waals surface area contributed by atoms with Crippen molar-refractivity contribution in [3.8, 4) is 0 Å². The number of benzene rings is 1. The second-order valence-electron chi connectivity index (χ2n) is 2.37. The molecule has 1 aromatic carbocycles. The first kappa shape index (κ1) is 8.54.